The lowest BCUT2D eigenvalue weighted by molar-refractivity contribution is 0.0171. The first-order valence-corrected chi connectivity index (χ1v) is 11.9. The normalized spacial score (nSPS) is 28.1. The number of hydrogen-bond acceptors (Lipinski definition) is 6. The molecule has 0 amide bonds. The van der Waals surface area contributed by atoms with E-state index in [-0.39, 0.29) is 27.0 Å². The summed E-state index contributed by atoms with van der Waals surface area (Å²) < 4.78 is 1.97. The zero-order chi connectivity index (χ0) is 22.0. The summed E-state index contributed by atoms with van der Waals surface area (Å²) in [6.07, 6.45) is 6.90. The molecular formula is C25H36N6OS2. The number of rotatable bonds is 3. The van der Waals surface area contributed by atoms with Crippen molar-refractivity contribution in [1.82, 2.24) is 25.1 Å². The lowest BCUT2D eigenvalue weighted by Crippen LogP contribution is -2.44. The molecule has 2 N–H and O–H groups in total. The van der Waals surface area contributed by atoms with Gasteiger partial charge >= 0.3 is 0 Å². The predicted octanol–water partition coefficient (Wildman–Crippen LogP) is 3.62. The van der Waals surface area contributed by atoms with Crippen molar-refractivity contribution >= 4 is 43.7 Å². The van der Waals surface area contributed by atoms with Crippen LogP contribution in [0.25, 0.3) is 16.7 Å². The molecule has 2 aromatic heterocycles. The molecule has 4 heterocycles. The molecule has 0 spiro atoms. The van der Waals surface area contributed by atoms with Crippen molar-refractivity contribution in [3.8, 4) is 5.82 Å². The summed E-state index contributed by atoms with van der Waals surface area (Å²) in [6, 6.07) is 7.75. The number of anilines is 1. The minimum absolute atomic E-state index is 0. The van der Waals surface area contributed by atoms with Crippen LogP contribution in [-0.4, -0.2) is 55.6 Å². The van der Waals surface area contributed by atoms with Crippen LogP contribution in [0.3, 0.4) is 0 Å². The van der Waals surface area contributed by atoms with Gasteiger partial charge in [0.2, 0.25) is 0 Å². The van der Waals surface area contributed by atoms with Gasteiger partial charge in [0.05, 0.1) is 17.3 Å². The number of nitrogens with one attached hydrogen (secondary N) is 1. The average molecular weight is 501 g/mol. The Morgan fingerprint density at radius 3 is 2.47 bits per heavy atom. The molecule has 34 heavy (non-hydrogen) atoms. The van der Waals surface area contributed by atoms with Crippen LogP contribution in [0.15, 0.2) is 24.4 Å². The number of benzene rings is 1. The molecule has 2 atom stereocenters. The Morgan fingerprint density at radius 2 is 1.79 bits per heavy atom. The lowest BCUT2D eigenvalue weighted by Gasteiger charge is -2.34. The number of aryl methyl sites for hydroxylation is 2. The van der Waals surface area contributed by atoms with Gasteiger partial charge in [0, 0.05) is 36.6 Å². The fraction of sp³-hybridized carbons (Fsp3) is 0.560. The first kappa shape index (κ1) is 25.3. The number of hydrogen-bond donors (Lipinski definition) is 2. The summed E-state index contributed by atoms with van der Waals surface area (Å²) in [5.74, 6) is 3.10. The van der Waals surface area contributed by atoms with Crippen LogP contribution in [0.2, 0.25) is 0 Å². The Kier molecular flexibility index (Phi) is 6.94. The fourth-order valence-corrected chi connectivity index (χ4v) is 6.01. The van der Waals surface area contributed by atoms with E-state index < -0.39 is 5.60 Å². The lowest BCUT2D eigenvalue weighted by atomic mass is 9.76. The summed E-state index contributed by atoms with van der Waals surface area (Å²) >= 11 is 0. The molecule has 6 rings (SSSR count). The first-order valence-electron chi connectivity index (χ1n) is 11.9. The molecule has 2 unspecified atom stereocenters. The van der Waals surface area contributed by atoms with Crippen LogP contribution in [0, 0.1) is 13.8 Å². The van der Waals surface area contributed by atoms with E-state index in [1.807, 2.05) is 24.7 Å². The Hall–Kier alpha value is -1.81. The summed E-state index contributed by atoms with van der Waals surface area (Å²) in [7, 11) is 0. The van der Waals surface area contributed by atoms with Crippen LogP contribution in [0.4, 0.5) is 5.82 Å². The maximum Gasteiger partial charge on any atom is 0.159 e. The van der Waals surface area contributed by atoms with E-state index in [4.69, 9.17) is 15.1 Å². The highest BCUT2D eigenvalue weighted by molar-refractivity contribution is 7.59. The SMILES string of the molecule is Cc1nc(N2CC3CC2CN3)cc(-n2ncc3cc(C)c(C4CCC(C)(O)CC4)cc32)n1.S.S. The van der Waals surface area contributed by atoms with Gasteiger partial charge in [-0.15, -0.1) is 0 Å². The Labute approximate surface area is 215 Å². The van der Waals surface area contributed by atoms with E-state index in [0.29, 0.717) is 18.0 Å². The van der Waals surface area contributed by atoms with Crippen molar-refractivity contribution in [2.75, 3.05) is 18.0 Å². The number of aliphatic hydroxyl groups is 1. The smallest absolute Gasteiger partial charge is 0.159 e. The van der Waals surface area contributed by atoms with E-state index in [1.165, 1.54) is 17.5 Å². The highest BCUT2D eigenvalue weighted by atomic mass is 32.1. The van der Waals surface area contributed by atoms with Crippen molar-refractivity contribution in [3.05, 3.63) is 41.3 Å². The van der Waals surface area contributed by atoms with Gasteiger partial charge in [-0.05, 0) is 82.1 Å². The van der Waals surface area contributed by atoms with Gasteiger partial charge in [0.15, 0.2) is 5.82 Å². The number of aromatic nitrogens is 4. The van der Waals surface area contributed by atoms with Crippen molar-refractivity contribution in [2.45, 2.75) is 76.5 Å². The van der Waals surface area contributed by atoms with Crippen molar-refractivity contribution in [3.63, 3.8) is 0 Å². The van der Waals surface area contributed by atoms with Gasteiger partial charge in [0.1, 0.15) is 11.6 Å². The zero-order valence-electron chi connectivity index (χ0n) is 20.2. The van der Waals surface area contributed by atoms with Crippen LogP contribution in [0.5, 0.6) is 0 Å². The highest BCUT2D eigenvalue weighted by Gasteiger charge is 2.38. The Morgan fingerprint density at radius 1 is 1.06 bits per heavy atom. The highest BCUT2D eigenvalue weighted by Crippen LogP contribution is 2.40. The van der Waals surface area contributed by atoms with Crippen LogP contribution in [-0.2, 0) is 0 Å². The van der Waals surface area contributed by atoms with E-state index in [1.54, 1.807) is 0 Å². The molecule has 1 aliphatic carbocycles. The molecule has 0 radical (unpaired) electrons. The molecule has 3 aromatic rings. The number of piperazine rings is 1. The second-order valence-electron chi connectivity index (χ2n) is 10.4. The first-order chi connectivity index (χ1) is 15.4. The molecule has 1 saturated carbocycles. The van der Waals surface area contributed by atoms with Crippen molar-refractivity contribution in [1.29, 1.82) is 0 Å². The molecule has 3 aliphatic rings. The molecular weight excluding hydrogens is 464 g/mol. The zero-order valence-corrected chi connectivity index (χ0v) is 22.2. The van der Waals surface area contributed by atoms with Gasteiger partial charge in [-0.1, -0.05) is 0 Å². The second-order valence-corrected chi connectivity index (χ2v) is 10.4. The number of fused-ring (bicyclic) bond motifs is 3. The largest absolute Gasteiger partial charge is 0.390 e. The van der Waals surface area contributed by atoms with E-state index in [9.17, 15) is 5.11 Å². The summed E-state index contributed by atoms with van der Waals surface area (Å²) in [4.78, 5) is 11.9. The molecule has 184 valence electrons. The molecule has 7 nitrogen and oxygen atoms in total. The van der Waals surface area contributed by atoms with Gasteiger partial charge in [0.25, 0.3) is 0 Å². The number of nitrogens with zero attached hydrogens (tertiary/aromatic N) is 5. The van der Waals surface area contributed by atoms with E-state index >= 15 is 0 Å². The van der Waals surface area contributed by atoms with Gasteiger partial charge in [-0.25, -0.2) is 14.6 Å². The summed E-state index contributed by atoms with van der Waals surface area (Å²) in [5, 5.41) is 19.8. The van der Waals surface area contributed by atoms with Crippen LogP contribution in [0.1, 0.15) is 61.9 Å². The van der Waals surface area contributed by atoms with Gasteiger partial charge in [-0.3, -0.25) is 0 Å². The third-order valence-electron chi connectivity index (χ3n) is 7.84. The Balaban J connectivity index is 0.00000137. The summed E-state index contributed by atoms with van der Waals surface area (Å²) in [6.45, 7) is 8.17. The third kappa shape index (κ3) is 4.43. The minimum Gasteiger partial charge on any atom is -0.390 e. The van der Waals surface area contributed by atoms with Crippen molar-refractivity contribution < 1.29 is 5.11 Å². The monoisotopic (exact) mass is 500 g/mol. The third-order valence-corrected chi connectivity index (χ3v) is 7.84. The van der Waals surface area contributed by atoms with Crippen LogP contribution >= 0.6 is 27.0 Å². The topological polar surface area (TPSA) is 79.1 Å². The standard InChI is InChI=1S/C25H32N6O.2H2S/c1-15-8-18-12-27-31(22(18)10-21(15)17-4-6-25(3,32)7-5-17)24-11-23(28-16(2)29-24)30-14-19-9-20(30)13-26-19;;/h8,10-12,17,19-20,26,32H,4-7,9,13-14H2,1-3H3;2*1H2. The van der Waals surface area contributed by atoms with E-state index in [2.05, 4.69) is 35.3 Å². The maximum atomic E-state index is 10.4. The van der Waals surface area contributed by atoms with E-state index in [0.717, 1.165) is 67.1 Å². The fourth-order valence-electron chi connectivity index (χ4n) is 6.01. The minimum atomic E-state index is -0.518. The molecule has 2 bridgehead atoms. The summed E-state index contributed by atoms with van der Waals surface area (Å²) in [5.41, 5.74) is 3.26. The molecule has 2 aliphatic heterocycles. The second kappa shape index (κ2) is 9.33. The predicted molar refractivity (Wildman–Crippen MR) is 146 cm³/mol. The molecule has 3 fully saturated rings. The van der Waals surface area contributed by atoms with Gasteiger partial charge in [-0.2, -0.15) is 32.1 Å². The molecule has 9 heteroatoms. The molecule has 1 aromatic carbocycles. The van der Waals surface area contributed by atoms with Gasteiger partial charge < -0.3 is 15.3 Å². The van der Waals surface area contributed by atoms with Crippen molar-refractivity contribution in [2.24, 2.45) is 0 Å². The molecule has 2 saturated heterocycles. The quantitative estimate of drug-likeness (QED) is 0.572. The maximum absolute atomic E-state index is 10.4. The average Bonchev–Trinajstić information content (AvgIpc) is 3.48. The van der Waals surface area contributed by atoms with Crippen LogP contribution < -0.4 is 10.2 Å². The Bertz CT molecular complexity index is 1190.